The average Bonchev–Trinajstić information content (AvgIpc) is 3.55. The molecule has 1 amide bonds. The van der Waals surface area contributed by atoms with Crippen LogP contribution in [0.25, 0.3) is 11.0 Å². The second-order valence-corrected chi connectivity index (χ2v) is 9.54. The Morgan fingerprint density at radius 3 is 2.76 bits per heavy atom. The molecule has 3 aromatic heterocycles. The molecule has 0 aromatic carbocycles. The number of anilines is 3. The van der Waals surface area contributed by atoms with Gasteiger partial charge >= 0.3 is 0 Å². The van der Waals surface area contributed by atoms with E-state index in [4.69, 9.17) is 0 Å². The molecule has 0 saturated heterocycles. The Hall–Kier alpha value is -4.06. The first-order valence-corrected chi connectivity index (χ1v) is 12.6. The Labute approximate surface area is 215 Å². The zero-order chi connectivity index (χ0) is 25.8. The first-order valence-electron chi connectivity index (χ1n) is 12.6. The highest BCUT2D eigenvalue weighted by atomic mass is 16.1. The van der Waals surface area contributed by atoms with Crippen molar-refractivity contribution < 1.29 is 4.79 Å². The van der Waals surface area contributed by atoms with E-state index in [1.807, 2.05) is 20.0 Å². The summed E-state index contributed by atoms with van der Waals surface area (Å²) < 4.78 is 1.69. The Morgan fingerprint density at radius 2 is 1.97 bits per heavy atom. The number of nitrogens with zero attached hydrogens (tertiary/aromatic N) is 7. The normalized spacial score (nSPS) is 17.9. The van der Waals surface area contributed by atoms with Crippen LogP contribution in [-0.2, 0) is 11.8 Å². The number of carbonyl (C=O) groups excluding carboxylic acids is 1. The lowest BCUT2D eigenvalue weighted by atomic mass is 10.1. The van der Waals surface area contributed by atoms with E-state index in [2.05, 4.69) is 58.2 Å². The van der Waals surface area contributed by atoms with Crippen LogP contribution in [0.15, 0.2) is 48.5 Å². The van der Waals surface area contributed by atoms with Crippen molar-refractivity contribution in [3.8, 4) is 0 Å². The Kier molecular flexibility index (Phi) is 7.26. The minimum Gasteiger partial charge on any atom is -0.382 e. The summed E-state index contributed by atoms with van der Waals surface area (Å²) in [6.07, 6.45) is 15.2. The maximum absolute atomic E-state index is 12.8. The van der Waals surface area contributed by atoms with Gasteiger partial charge in [0, 0.05) is 44.3 Å². The van der Waals surface area contributed by atoms with Gasteiger partial charge in [0.2, 0.25) is 5.95 Å². The number of hydrogen-bond donors (Lipinski definition) is 4. The molecule has 5 rings (SSSR count). The lowest BCUT2D eigenvalue weighted by Gasteiger charge is -2.25. The molecule has 3 aromatic rings. The molecule has 0 radical (unpaired) electrons. The lowest BCUT2D eigenvalue weighted by molar-refractivity contribution is -0.117. The number of fused-ring (bicyclic) bond motifs is 1. The van der Waals surface area contributed by atoms with Crippen LogP contribution in [0, 0.1) is 0 Å². The summed E-state index contributed by atoms with van der Waals surface area (Å²) in [4.78, 5) is 32.2. The Balaban J connectivity index is 1.25. The van der Waals surface area contributed by atoms with Crippen molar-refractivity contribution in [3.05, 3.63) is 48.5 Å². The van der Waals surface area contributed by atoms with E-state index >= 15 is 0 Å². The van der Waals surface area contributed by atoms with E-state index < -0.39 is 0 Å². The topological polar surface area (TPSA) is 138 Å². The summed E-state index contributed by atoms with van der Waals surface area (Å²) in [6.45, 7) is 3.48. The smallest absolute Gasteiger partial charge is 0.252 e. The molecule has 1 aliphatic carbocycles. The molecule has 1 fully saturated rings. The predicted octanol–water partition coefficient (Wildman–Crippen LogP) is 2.06. The number of dihydropyridines is 1. The number of carbonyl (C=O) groups is 1. The minimum atomic E-state index is -0.103. The van der Waals surface area contributed by atoms with Crippen LogP contribution < -0.4 is 21.3 Å². The molecule has 1 atom stereocenters. The Bertz CT molecular complexity index is 1310. The van der Waals surface area contributed by atoms with Gasteiger partial charge in [-0.2, -0.15) is 10.1 Å². The zero-order valence-corrected chi connectivity index (χ0v) is 21.4. The largest absolute Gasteiger partial charge is 0.382 e. The van der Waals surface area contributed by atoms with Crippen molar-refractivity contribution in [1.82, 2.24) is 45.2 Å². The average molecular weight is 504 g/mol. The number of amides is 1. The number of aromatic nitrogens is 6. The van der Waals surface area contributed by atoms with Gasteiger partial charge in [-0.25, -0.2) is 19.6 Å². The lowest BCUT2D eigenvalue weighted by Crippen LogP contribution is -2.39. The van der Waals surface area contributed by atoms with E-state index in [0.717, 1.165) is 17.6 Å². The van der Waals surface area contributed by atoms with Crippen LogP contribution in [0.3, 0.4) is 0 Å². The van der Waals surface area contributed by atoms with Crippen molar-refractivity contribution >= 4 is 34.4 Å². The van der Waals surface area contributed by atoms with Crippen LogP contribution >= 0.6 is 0 Å². The van der Waals surface area contributed by atoms with Gasteiger partial charge in [0.25, 0.3) is 5.91 Å². The van der Waals surface area contributed by atoms with Crippen LogP contribution in [0.4, 0.5) is 17.5 Å². The van der Waals surface area contributed by atoms with Crippen LogP contribution in [0.5, 0.6) is 0 Å². The molecular weight excluding hydrogens is 470 g/mol. The van der Waals surface area contributed by atoms with Gasteiger partial charge in [-0.1, -0.05) is 12.8 Å². The van der Waals surface area contributed by atoms with Crippen molar-refractivity contribution in [3.63, 3.8) is 0 Å². The predicted molar refractivity (Wildman–Crippen MR) is 142 cm³/mol. The summed E-state index contributed by atoms with van der Waals surface area (Å²) in [7, 11) is 3.97. The Morgan fingerprint density at radius 1 is 1.19 bits per heavy atom. The molecule has 12 heteroatoms. The molecule has 1 saturated carbocycles. The van der Waals surface area contributed by atoms with Gasteiger partial charge in [0.1, 0.15) is 6.33 Å². The highest BCUT2D eigenvalue weighted by Crippen LogP contribution is 2.25. The number of rotatable bonds is 9. The molecule has 2 aliphatic rings. The fraction of sp³-hybridized carbons (Fsp3) is 0.440. The van der Waals surface area contributed by atoms with Crippen molar-refractivity contribution in [1.29, 1.82) is 0 Å². The summed E-state index contributed by atoms with van der Waals surface area (Å²) in [5.74, 6) is 0.935. The quantitative estimate of drug-likeness (QED) is 0.343. The third-order valence-corrected chi connectivity index (χ3v) is 6.89. The van der Waals surface area contributed by atoms with E-state index in [1.54, 1.807) is 29.5 Å². The summed E-state index contributed by atoms with van der Waals surface area (Å²) >= 11 is 0. The SMILES string of the molecule is CC1NC=C(C(=O)NCCN(C)C2CCCC2)C=C1Nc1nn(C)c2nc(Nc3cncnc3)ncc12. The van der Waals surface area contributed by atoms with Gasteiger partial charge in [0.15, 0.2) is 11.5 Å². The first kappa shape index (κ1) is 24.6. The standard InChI is InChI=1S/C25H33N11O/c1-16-21(10-17(11-29-16)24(37)28-8-9-35(2)19-6-4-5-7-19)32-22-20-14-30-25(33-23(20)36(3)34-22)31-18-12-26-15-27-13-18/h10-16,19,29H,4-9H2,1-3H3,(H,28,37)(H,32,34)(H,30,31,33). The fourth-order valence-electron chi connectivity index (χ4n) is 4.71. The molecule has 4 N–H and O–H groups in total. The molecular formula is C25H33N11O. The second-order valence-electron chi connectivity index (χ2n) is 9.54. The molecule has 0 spiro atoms. The molecule has 1 aliphatic heterocycles. The van der Waals surface area contributed by atoms with Crippen molar-refractivity contribution in [2.24, 2.45) is 7.05 Å². The van der Waals surface area contributed by atoms with E-state index in [9.17, 15) is 4.79 Å². The van der Waals surface area contributed by atoms with E-state index in [1.165, 1.54) is 32.0 Å². The van der Waals surface area contributed by atoms with Crippen LogP contribution in [0.2, 0.25) is 0 Å². The molecule has 4 heterocycles. The third kappa shape index (κ3) is 5.69. The van der Waals surface area contributed by atoms with Crippen molar-refractivity contribution in [2.75, 3.05) is 30.8 Å². The third-order valence-electron chi connectivity index (χ3n) is 6.89. The molecule has 12 nitrogen and oxygen atoms in total. The highest BCUT2D eigenvalue weighted by molar-refractivity contribution is 5.97. The molecule has 37 heavy (non-hydrogen) atoms. The maximum atomic E-state index is 12.8. The van der Waals surface area contributed by atoms with Gasteiger partial charge in [-0.05, 0) is 32.9 Å². The first-order chi connectivity index (χ1) is 18.0. The molecule has 194 valence electrons. The number of aryl methyl sites for hydroxylation is 1. The number of hydrogen-bond acceptors (Lipinski definition) is 10. The highest BCUT2D eigenvalue weighted by Gasteiger charge is 2.22. The number of likely N-dealkylation sites (N-methyl/N-ethyl adjacent to an activating group) is 1. The van der Waals surface area contributed by atoms with Crippen LogP contribution in [0.1, 0.15) is 32.6 Å². The van der Waals surface area contributed by atoms with Gasteiger partial charge in [0.05, 0.1) is 35.1 Å². The van der Waals surface area contributed by atoms with Crippen molar-refractivity contribution in [2.45, 2.75) is 44.7 Å². The summed E-state index contributed by atoms with van der Waals surface area (Å²) in [5, 5.41) is 18.2. The molecule has 0 bridgehead atoms. The van der Waals surface area contributed by atoms with E-state index in [0.29, 0.717) is 41.3 Å². The minimum absolute atomic E-state index is 0.0259. The zero-order valence-electron chi connectivity index (χ0n) is 21.4. The van der Waals surface area contributed by atoms with Gasteiger partial charge in [-0.3, -0.25) is 4.79 Å². The maximum Gasteiger partial charge on any atom is 0.252 e. The fourth-order valence-corrected chi connectivity index (χ4v) is 4.71. The van der Waals surface area contributed by atoms with Crippen LogP contribution in [-0.4, -0.2) is 72.7 Å². The van der Waals surface area contributed by atoms with E-state index in [-0.39, 0.29) is 11.9 Å². The molecule has 1 unspecified atom stereocenters. The summed E-state index contributed by atoms with van der Waals surface area (Å²) in [5.41, 5.74) is 2.75. The monoisotopic (exact) mass is 503 g/mol. The number of nitrogens with one attached hydrogen (secondary N) is 4. The van der Waals surface area contributed by atoms with Gasteiger partial charge < -0.3 is 26.2 Å². The second kappa shape index (κ2) is 10.9. The summed E-state index contributed by atoms with van der Waals surface area (Å²) in [6, 6.07) is 0.613. The van der Waals surface area contributed by atoms with Gasteiger partial charge in [-0.15, -0.1) is 0 Å².